The van der Waals surface area contributed by atoms with Crippen LogP contribution in [0.4, 0.5) is 0 Å². The first-order chi connectivity index (χ1) is 14.7. The van der Waals surface area contributed by atoms with Crippen molar-refractivity contribution >= 4 is 16.9 Å². The molecule has 3 rings (SSSR count). The molecule has 1 aliphatic rings. The number of methoxy groups -OCH3 is 1. The average molecular weight is 423 g/mol. The second-order valence-electron chi connectivity index (χ2n) is 8.45. The van der Waals surface area contributed by atoms with Crippen LogP contribution in [0.5, 0.6) is 5.95 Å². The third kappa shape index (κ3) is 4.50. The number of rotatable bonds is 6. The molecule has 0 N–H and O–H groups in total. The van der Waals surface area contributed by atoms with E-state index in [0.29, 0.717) is 28.5 Å². The molecule has 0 fully saturated rings. The monoisotopic (exact) mass is 422 g/mol. The van der Waals surface area contributed by atoms with Crippen molar-refractivity contribution in [3.8, 4) is 5.95 Å². The van der Waals surface area contributed by atoms with Gasteiger partial charge < -0.3 is 13.9 Å². The van der Waals surface area contributed by atoms with Crippen LogP contribution in [-0.2, 0) is 14.9 Å². The SMILES string of the molecule is C=C[C@]1(C)C[C@H](/C=C(\C)CC/C=C(\C)C(=O)OC)Oc2oc3cccc(C)c3c(=O)c21. The van der Waals surface area contributed by atoms with Crippen molar-refractivity contribution in [2.75, 3.05) is 7.11 Å². The van der Waals surface area contributed by atoms with E-state index in [1.54, 1.807) is 13.0 Å². The molecule has 2 heterocycles. The number of allylic oxidation sites excluding steroid dienone is 3. The zero-order valence-electron chi connectivity index (χ0n) is 18.9. The summed E-state index contributed by atoms with van der Waals surface area (Å²) < 4.78 is 16.9. The number of hydrogen-bond acceptors (Lipinski definition) is 5. The van der Waals surface area contributed by atoms with Gasteiger partial charge >= 0.3 is 5.97 Å². The molecule has 0 spiro atoms. The lowest BCUT2D eigenvalue weighted by molar-refractivity contribution is -0.136. The highest BCUT2D eigenvalue weighted by molar-refractivity contribution is 5.87. The van der Waals surface area contributed by atoms with Crippen molar-refractivity contribution in [2.45, 2.75) is 58.5 Å². The lowest BCUT2D eigenvalue weighted by Crippen LogP contribution is -2.38. The third-order valence-electron chi connectivity index (χ3n) is 5.97. The van der Waals surface area contributed by atoms with Crippen LogP contribution in [0.15, 0.2) is 63.4 Å². The summed E-state index contributed by atoms with van der Waals surface area (Å²) in [5, 5.41) is 0.593. The minimum absolute atomic E-state index is 0.0562. The number of aryl methyl sites for hydroxylation is 1. The Morgan fingerprint density at radius 3 is 2.77 bits per heavy atom. The van der Waals surface area contributed by atoms with E-state index < -0.39 is 5.41 Å². The summed E-state index contributed by atoms with van der Waals surface area (Å²) in [7, 11) is 1.38. The van der Waals surface area contributed by atoms with Crippen LogP contribution in [0.2, 0.25) is 0 Å². The maximum absolute atomic E-state index is 13.3. The molecular formula is C26H30O5. The maximum Gasteiger partial charge on any atom is 0.333 e. The molecular weight excluding hydrogens is 392 g/mol. The molecule has 0 saturated carbocycles. The van der Waals surface area contributed by atoms with Gasteiger partial charge in [-0.1, -0.05) is 36.8 Å². The number of carbonyl (C=O) groups is 1. The summed E-state index contributed by atoms with van der Waals surface area (Å²) in [4.78, 5) is 24.8. The number of carbonyl (C=O) groups excluding carboxylic acids is 1. The second kappa shape index (κ2) is 8.96. The van der Waals surface area contributed by atoms with Gasteiger partial charge in [-0.15, -0.1) is 6.58 Å². The van der Waals surface area contributed by atoms with Crippen molar-refractivity contribution in [1.29, 1.82) is 0 Å². The van der Waals surface area contributed by atoms with Gasteiger partial charge in [0.05, 0.1) is 18.1 Å². The normalized spacial score (nSPS) is 21.4. The molecule has 164 valence electrons. The Kier molecular flexibility index (Phi) is 6.54. The highest BCUT2D eigenvalue weighted by Gasteiger charge is 2.40. The van der Waals surface area contributed by atoms with Crippen LogP contribution in [0.25, 0.3) is 11.0 Å². The predicted molar refractivity (Wildman–Crippen MR) is 123 cm³/mol. The van der Waals surface area contributed by atoms with Gasteiger partial charge in [-0.2, -0.15) is 0 Å². The van der Waals surface area contributed by atoms with Crippen LogP contribution < -0.4 is 10.2 Å². The van der Waals surface area contributed by atoms with Crippen LogP contribution in [0, 0.1) is 6.92 Å². The summed E-state index contributed by atoms with van der Waals surface area (Å²) in [6, 6.07) is 5.57. The summed E-state index contributed by atoms with van der Waals surface area (Å²) in [6.07, 6.45) is 7.62. The number of esters is 1. The minimum Gasteiger partial charge on any atom is -0.466 e. The molecule has 1 aromatic heterocycles. The van der Waals surface area contributed by atoms with Gasteiger partial charge in [-0.25, -0.2) is 4.79 Å². The molecule has 5 nitrogen and oxygen atoms in total. The molecule has 1 aromatic carbocycles. The third-order valence-corrected chi connectivity index (χ3v) is 5.97. The minimum atomic E-state index is -0.562. The Hall–Kier alpha value is -3.08. The molecule has 0 bridgehead atoms. The smallest absolute Gasteiger partial charge is 0.333 e. The number of fused-ring (bicyclic) bond motifs is 2. The molecule has 0 amide bonds. The maximum atomic E-state index is 13.3. The van der Waals surface area contributed by atoms with Crippen molar-refractivity contribution in [2.24, 2.45) is 0 Å². The summed E-state index contributed by atoms with van der Waals surface area (Å²) >= 11 is 0. The highest BCUT2D eigenvalue weighted by Crippen LogP contribution is 2.42. The topological polar surface area (TPSA) is 65.7 Å². The fourth-order valence-electron chi connectivity index (χ4n) is 4.10. The van der Waals surface area contributed by atoms with E-state index in [4.69, 9.17) is 13.9 Å². The van der Waals surface area contributed by atoms with Crippen LogP contribution in [0.3, 0.4) is 0 Å². The Morgan fingerprint density at radius 1 is 1.35 bits per heavy atom. The Bertz CT molecular complexity index is 1130. The van der Waals surface area contributed by atoms with Gasteiger partial charge in [-0.3, -0.25) is 4.79 Å². The van der Waals surface area contributed by atoms with Crippen LogP contribution in [0.1, 0.15) is 51.2 Å². The van der Waals surface area contributed by atoms with Gasteiger partial charge in [0.15, 0.2) is 0 Å². The number of ether oxygens (including phenoxy) is 2. The van der Waals surface area contributed by atoms with E-state index >= 15 is 0 Å². The van der Waals surface area contributed by atoms with E-state index in [0.717, 1.165) is 24.0 Å². The molecule has 31 heavy (non-hydrogen) atoms. The molecule has 5 heteroatoms. The van der Waals surface area contributed by atoms with E-state index in [2.05, 4.69) is 12.7 Å². The predicted octanol–water partition coefficient (Wildman–Crippen LogP) is 5.54. The molecule has 0 aliphatic carbocycles. The van der Waals surface area contributed by atoms with E-state index in [1.807, 2.05) is 45.1 Å². The zero-order valence-corrected chi connectivity index (χ0v) is 18.9. The molecule has 0 unspecified atom stereocenters. The Labute approximate surface area is 183 Å². The first-order valence-electron chi connectivity index (χ1n) is 10.5. The Balaban J connectivity index is 1.90. The zero-order chi connectivity index (χ0) is 22.8. The lowest BCUT2D eigenvalue weighted by Gasteiger charge is -2.35. The quantitative estimate of drug-likeness (QED) is 0.347. The lowest BCUT2D eigenvalue weighted by atomic mass is 9.76. The number of hydrogen-bond donors (Lipinski definition) is 0. The summed E-state index contributed by atoms with van der Waals surface area (Å²) in [5.74, 6) is -0.0414. The van der Waals surface area contributed by atoms with Gasteiger partial charge in [0.25, 0.3) is 5.95 Å². The molecule has 1 aliphatic heterocycles. The first-order valence-corrected chi connectivity index (χ1v) is 10.5. The molecule has 2 aromatic rings. The van der Waals surface area contributed by atoms with Crippen molar-refractivity contribution in [3.05, 3.63) is 75.5 Å². The largest absolute Gasteiger partial charge is 0.466 e. The van der Waals surface area contributed by atoms with Gasteiger partial charge in [0.1, 0.15) is 11.7 Å². The van der Waals surface area contributed by atoms with Gasteiger partial charge in [-0.05, 0) is 51.3 Å². The fraction of sp³-hybridized carbons (Fsp3) is 0.385. The molecule has 0 radical (unpaired) electrons. The fourth-order valence-corrected chi connectivity index (χ4v) is 4.10. The Morgan fingerprint density at radius 2 is 2.10 bits per heavy atom. The van der Waals surface area contributed by atoms with Gasteiger partial charge in [0.2, 0.25) is 5.43 Å². The standard InChI is InChI=1S/C26H30O5/c1-7-26(5)15-19(14-16(2)10-8-12-18(4)24(28)29-6)30-25-22(26)23(27)21-17(3)11-9-13-20(21)31-25/h7,9,11-14,19H,1,8,10,15H2,2-6H3/b16-14+,18-12+/t19-,26+/m0/s1. The molecule has 2 atom stereocenters. The van der Waals surface area contributed by atoms with E-state index in [1.165, 1.54) is 7.11 Å². The molecule has 0 saturated heterocycles. The highest BCUT2D eigenvalue weighted by atomic mass is 16.6. The van der Waals surface area contributed by atoms with Crippen molar-refractivity contribution < 1.29 is 18.7 Å². The van der Waals surface area contributed by atoms with Crippen LogP contribution in [-0.4, -0.2) is 19.2 Å². The summed E-state index contributed by atoms with van der Waals surface area (Å²) in [5.41, 5.74) is 3.05. The number of benzene rings is 1. The van der Waals surface area contributed by atoms with Crippen molar-refractivity contribution in [3.63, 3.8) is 0 Å². The van der Waals surface area contributed by atoms with E-state index in [-0.39, 0.29) is 23.4 Å². The first kappa shape index (κ1) is 22.6. The second-order valence-corrected chi connectivity index (χ2v) is 8.45. The van der Waals surface area contributed by atoms with Gasteiger partial charge in [0, 0.05) is 17.4 Å². The summed E-state index contributed by atoms with van der Waals surface area (Å²) in [6.45, 7) is 11.7. The average Bonchev–Trinajstić information content (AvgIpc) is 2.72. The van der Waals surface area contributed by atoms with Crippen LogP contribution >= 0.6 is 0 Å². The van der Waals surface area contributed by atoms with E-state index in [9.17, 15) is 9.59 Å². The van der Waals surface area contributed by atoms with Crippen molar-refractivity contribution in [1.82, 2.24) is 0 Å².